The van der Waals surface area contributed by atoms with Gasteiger partial charge in [-0.25, -0.2) is 4.98 Å². The lowest BCUT2D eigenvalue weighted by Gasteiger charge is -2.11. The van der Waals surface area contributed by atoms with E-state index in [2.05, 4.69) is 15.2 Å². The molecule has 0 radical (unpaired) electrons. The van der Waals surface area contributed by atoms with Gasteiger partial charge in [0, 0.05) is 18.3 Å². The molecule has 1 N–H and O–H groups in total. The van der Waals surface area contributed by atoms with E-state index in [9.17, 15) is 4.79 Å². The molecular weight excluding hydrogens is 346 g/mol. The van der Waals surface area contributed by atoms with Crippen molar-refractivity contribution in [3.05, 3.63) is 83.0 Å². The Labute approximate surface area is 158 Å². The fraction of sp³-hybridized carbons (Fsp3) is 0.143. The molecule has 0 bridgehead atoms. The van der Waals surface area contributed by atoms with Gasteiger partial charge in [0.05, 0.1) is 10.6 Å². The second-order valence-electron chi connectivity index (χ2n) is 6.28. The standard InChI is InChI=1S/C21H20ClN3O/c1-25(2)14-15-11-12-19(23-13-15)24-21(26)18-10-6-9-17(20(18)22)16-7-4-3-5-8-16/h3-13H,14H2,1-2H3,(H,23,24,26). The van der Waals surface area contributed by atoms with Gasteiger partial charge >= 0.3 is 0 Å². The van der Waals surface area contributed by atoms with Gasteiger partial charge in [-0.15, -0.1) is 0 Å². The molecule has 0 fully saturated rings. The molecule has 0 aliphatic carbocycles. The van der Waals surface area contributed by atoms with E-state index in [4.69, 9.17) is 11.6 Å². The Kier molecular flexibility index (Phi) is 5.66. The van der Waals surface area contributed by atoms with Gasteiger partial charge in [-0.05, 0) is 37.4 Å². The van der Waals surface area contributed by atoms with Gasteiger partial charge in [0.15, 0.2) is 0 Å². The predicted octanol–water partition coefficient (Wildman–Crippen LogP) is 4.72. The first-order valence-electron chi connectivity index (χ1n) is 8.29. The van der Waals surface area contributed by atoms with E-state index in [0.717, 1.165) is 23.2 Å². The third-order valence-electron chi connectivity index (χ3n) is 3.89. The molecule has 3 aromatic rings. The van der Waals surface area contributed by atoms with Crippen molar-refractivity contribution in [1.82, 2.24) is 9.88 Å². The largest absolute Gasteiger partial charge is 0.307 e. The first-order valence-corrected chi connectivity index (χ1v) is 8.67. The SMILES string of the molecule is CN(C)Cc1ccc(NC(=O)c2cccc(-c3ccccc3)c2Cl)nc1. The maximum Gasteiger partial charge on any atom is 0.258 e. The third-order valence-corrected chi connectivity index (χ3v) is 4.30. The van der Waals surface area contributed by atoms with Crippen molar-refractivity contribution in [2.75, 3.05) is 19.4 Å². The van der Waals surface area contributed by atoms with Crippen molar-refractivity contribution in [3.8, 4) is 11.1 Å². The smallest absolute Gasteiger partial charge is 0.258 e. The summed E-state index contributed by atoms with van der Waals surface area (Å²) in [4.78, 5) is 19.0. The monoisotopic (exact) mass is 365 g/mol. The molecule has 3 rings (SSSR count). The molecule has 4 nitrogen and oxygen atoms in total. The summed E-state index contributed by atoms with van der Waals surface area (Å²) in [6.45, 7) is 0.798. The number of pyridine rings is 1. The van der Waals surface area contributed by atoms with Gasteiger partial charge < -0.3 is 10.2 Å². The number of benzene rings is 2. The predicted molar refractivity (Wildman–Crippen MR) is 106 cm³/mol. The first-order chi connectivity index (χ1) is 12.5. The van der Waals surface area contributed by atoms with Crippen LogP contribution in [0, 0.1) is 0 Å². The van der Waals surface area contributed by atoms with Crippen LogP contribution in [0.2, 0.25) is 5.02 Å². The number of aromatic nitrogens is 1. The molecule has 0 unspecified atom stereocenters. The summed E-state index contributed by atoms with van der Waals surface area (Å²) in [7, 11) is 3.99. The average molecular weight is 366 g/mol. The molecule has 1 amide bonds. The number of amides is 1. The molecular formula is C21H20ClN3O. The third kappa shape index (κ3) is 4.28. The number of rotatable bonds is 5. The van der Waals surface area contributed by atoms with Gasteiger partial charge in [0.25, 0.3) is 5.91 Å². The van der Waals surface area contributed by atoms with Crippen LogP contribution in [0.3, 0.4) is 0 Å². The van der Waals surface area contributed by atoms with Crippen LogP contribution < -0.4 is 5.32 Å². The van der Waals surface area contributed by atoms with Crippen molar-refractivity contribution in [2.45, 2.75) is 6.54 Å². The van der Waals surface area contributed by atoms with E-state index in [1.54, 1.807) is 18.3 Å². The molecule has 0 spiro atoms. The zero-order valence-corrected chi connectivity index (χ0v) is 15.5. The minimum Gasteiger partial charge on any atom is -0.307 e. The van der Waals surface area contributed by atoms with Crippen LogP contribution in [-0.2, 0) is 6.54 Å². The van der Waals surface area contributed by atoms with Gasteiger partial charge in [-0.1, -0.05) is 60.1 Å². The highest BCUT2D eigenvalue weighted by Crippen LogP contribution is 2.30. The fourth-order valence-corrected chi connectivity index (χ4v) is 3.01. The van der Waals surface area contributed by atoms with Crippen molar-refractivity contribution in [3.63, 3.8) is 0 Å². The number of hydrogen-bond donors (Lipinski definition) is 1. The molecule has 132 valence electrons. The van der Waals surface area contributed by atoms with Crippen LogP contribution in [0.5, 0.6) is 0 Å². The molecule has 2 aromatic carbocycles. The van der Waals surface area contributed by atoms with Crippen LogP contribution in [0.25, 0.3) is 11.1 Å². The molecule has 26 heavy (non-hydrogen) atoms. The Hall–Kier alpha value is -2.69. The number of halogens is 1. The average Bonchev–Trinajstić information content (AvgIpc) is 2.64. The molecule has 0 atom stereocenters. The molecule has 0 aliphatic rings. The second kappa shape index (κ2) is 8.13. The number of hydrogen-bond acceptors (Lipinski definition) is 3. The quantitative estimate of drug-likeness (QED) is 0.711. The van der Waals surface area contributed by atoms with Crippen LogP contribution in [-0.4, -0.2) is 29.9 Å². The van der Waals surface area contributed by atoms with E-state index in [0.29, 0.717) is 16.4 Å². The highest BCUT2D eigenvalue weighted by atomic mass is 35.5. The summed E-state index contributed by atoms with van der Waals surface area (Å²) in [5.41, 5.74) is 3.30. The number of nitrogens with one attached hydrogen (secondary N) is 1. The van der Waals surface area contributed by atoms with E-state index in [-0.39, 0.29) is 5.91 Å². The lowest BCUT2D eigenvalue weighted by atomic mass is 10.0. The Morgan fingerprint density at radius 2 is 1.81 bits per heavy atom. The molecule has 0 aliphatic heterocycles. The van der Waals surface area contributed by atoms with Crippen LogP contribution in [0.15, 0.2) is 66.9 Å². The van der Waals surface area contributed by atoms with Crippen LogP contribution in [0.1, 0.15) is 15.9 Å². The van der Waals surface area contributed by atoms with Gasteiger partial charge in [-0.2, -0.15) is 0 Å². The van der Waals surface area contributed by atoms with Crippen molar-refractivity contribution >= 4 is 23.3 Å². The van der Waals surface area contributed by atoms with E-state index < -0.39 is 0 Å². The zero-order valence-electron chi connectivity index (χ0n) is 14.7. The lowest BCUT2D eigenvalue weighted by Crippen LogP contribution is -2.14. The summed E-state index contributed by atoms with van der Waals surface area (Å²) in [5, 5.41) is 3.24. The van der Waals surface area contributed by atoms with Crippen molar-refractivity contribution in [2.24, 2.45) is 0 Å². The molecule has 5 heteroatoms. The molecule has 0 saturated heterocycles. The summed E-state index contributed by atoms with van der Waals surface area (Å²) < 4.78 is 0. The number of nitrogens with zero attached hydrogens (tertiary/aromatic N) is 2. The topological polar surface area (TPSA) is 45.2 Å². The number of carbonyl (C=O) groups is 1. The fourth-order valence-electron chi connectivity index (χ4n) is 2.69. The lowest BCUT2D eigenvalue weighted by molar-refractivity contribution is 0.102. The first kappa shape index (κ1) is 18.1. The normalized spacial score (nSPS) is 10.8. The van der Waals surface area contributed by atoms with E-state index >= 15 is 0 Å². The minimum absolute atomic E-state index is 0.277. The maximum absolute atomic E-state index is 12.6. The molecule has 1 aromatic heterocycles. The van der Waals surface area contributed by atoms with E-state index in [1.807, 2.05) is 62.6 Å². The van der Waals surface area contributed by atoms with Crippen LogP contribution >= 0.6 is 11.6 Å². The van der Waals surface area contributed by atoms with Gasteiger partial charge in [0.2, 0.25) is 0 Å². The Morgan fingerprint density at radius 1 is 1.04 bits per heavy atom. The molecule has 0 saturated carbocycles. The molecule has 1 heterocycles. The Morgan fingerprint density at radius 3 is 2.46 bits per heavy atom. The summed E-state index contributed by atoms with van der Waals surface area (Å²) in [6.07, 6.45) is 1.76. The number of anilines is 1. The Balaban J connectivity index is 1.80. The van der Waals surface area contributed by atoms with Crippen LogP contribution in [0.4, 0.5) is 5.82 Å². The zero-order chi connectivity index (χ0) is 18.5. The highest BCUT2D eigenvalue weighted by molar-refractivity contribution is 6.37. The van der Waals surface area contributed by atoms with E-state index in [1.165, 1.54) is 0 Å². The number of carbonyl (C=O) groups excluding carboxylic acids is 1. The van der Waals surface area contributed by atoms with Gasteiger partial charge in [0.1, 0.15) is 5.82 Å². The van der Waals surface area contributed by atoms with Crippen molar-refractivity contribution < 1.29 is 4.79 Å². The summed E-state index contributed by atoms with van der Waals surface area (Å²) in [5.74, 6) is 0.222. The highest BCUT2D eigenvalue weighted by Gasteiger charge is 2.15. The van der Waals surface area contributed by atoms with Gasteiger partial charge in [-0.3, -0.25) is 4.79 Å². The van der Waals surface area contributed by atoms with Crippen molar-refractivity contribution in [1.29, 1.82) is 0 Å². The summed E-state index contributed by atoms with van der Waals surface area (Å²) in [6, 6.07) is 19.0. The second-order valence-corrected chi connectivity index (χ2v) is 6.65. The maximum atomic E-state index is 12.6. The summed E-state index contributed by atoms with van der Waals surface area (Å²) >= 11 is 6.50. The Bertz CT molecular complexity index is 893. The minimum atomic E-state index is -0.277.